The minimum absolute atomic E-state index is 0.0246. The Kier molecular flexibility index (Phi) is 5.85. The number of amides is 1. The third kappa shape index (κ3) is 4.11. The predicted molar refractivity (Wildman–Crippen MR) is 135 cm³/mol. The van der Waals surface area contributed by atoms with Crippen molar-refractivity contribution in [2.75, 3.05) is 6.54 Å². The zero-order valence-electron chi connectivity index (χ0n) is 18.9. The van der Waals surface area contributed by atoms with E-state index in [2.05, 4.69) is 32.0 Å². The number of carbonyl (C=O) groups is 1. The van der Waals surface area contributed by atoms with E-state index in [0.29, 0.717) is 30.1 Å². The van der Waals surface area contributed by atoms with E-state index in [4.69, 9.17) is 4.98 Å². The van der Waals surface area contributed by atoms with Gasteiger partial charge in [0.2, 0.25) is 5.91 Å². The number of hydrogen-bond acceptors (Lipinski definition) is 5. The van der Waals surface area contributed by atoms with Gasteiger partial charge in [0, 0.05) is 24.1 Å². The molecule has 0 spiro atoms. The van der Waals surface area contributed by atoms with E-state index in [1.54, 1.807) is 34.6 Å². The van der Waals surface area contributed by atoms with E-state index >= 15 is 0 Å². The number of rotatable bonds is 4. The van der Waals surface area contributed by atoms with Gasteiger partial charge in [-0.05, 0) is 49.1 Å². The van der Waals surface area contributed by atoms with E-state index < -0.39 is 0 Å². The Bertz CT molecular complexity index is 1420. The SMILES string of the molecule is CC(=O)N1CCc2c(sc3nc(SCc4cc(C)ccc4C)n(-c4ccccc4)c(=O)c23)C1. The molecule has 0 radical (unpaired) electrons. The van der Waals surface area contributed by atoms with Gasteiger partial charge in [0.15, 0.2) is 5.16 Å². The van der Waals surface area contributed by atoms with Crippen LogP contribution < -0.4 is 5.56 Å². The number of aryl methyl sites for hydroxylation is 2. The molecule has 0 atom stereocenters. The van der Waals surface area contributed by atoms with Crippen LogP contribution in [-0.2, 0) is 23.5 Å². The molecule has 5 nitrogen and oxygen atoms in total. The van der Waals surface area contributed by atoms with Crippen LogP contribution in [0.2, 0.25) is 0 Å². The van der Waals surface area contributed by atoms with Gasteiger partial charge < -0.3 is 4.90 Å². The van der Waals surface area contributed by atoms with Crippen LogP contribution in [0.5, 0.6) is 0 Å². The summed E-state index contributed by atoms with van der Waals surface area (Å²) in [5.74, 6) is 0.805. The lowest BCUT2D eigenvalue weighted by atomic mass is 10.1. The molecule has 3 heterocycles. The number of aromatic nitrogens is 2. The van der Waals surface area contributed by atoms with E-state index in [0.717, 1.165) is 26.7 Å². The lowest BCUT2D eigenvalue weighted by molar-refractivity contribution is -0.129. The highest BCUT2D eigenvalue weighted by Crippen LogP contribution is 2.35. The summed E-state index contributed by atoms with van der Waals surface area (Å²) < 4.78 is 1.75. The number of fused-ring (bicyclic) bond motifs is 3. The number of thioether (sulfide) groups is 1. The van der Waals surface area contributed by atoms with E-state index in [1.807, 2.05) is 35.2 Å². The molecule has 33 heavy (non-hydrogen) atoms. The van der Waals surface area contributed by atoms with E-state index in [9.17, 15) is 9.59 Å². The van der Waals surface area contributed by atoms with Crippen LogP contribution in [0, 0.1) is 13.8 Å². The van der Waals surface area contributed by atoms with Crippen molar-refractivity contribution in [2.24, 2.45) is 0 Å². The Labute approximate surface area is 201 Å². The second-order valence-electron chi connectivity index (χ2n) is 8.46. The molecule has 0 saturated carbocycles. The first-order valence-electron chi connectivity index (χ1n) is 11.0. The molecule has 0 N–H and O–H groups in total. The zero-order chi connectivity index (χ0) is 23.1. The van der Waals surface area contributed by atoms with Gasteiger partial charge in [0.1, 0.15) is 4.83 Å². The molecule has 1 amide bonds. The van der Waals surface area contributed by atoms with Crippen LogP contribution in [0.3, 0.4) is 0 Å². The van der Waals surface area contributed by atoms with Crippen molar-refractivity contribution in [2.45, 2.75) is 44.6 Å². The van der Waals surface area contributed by atoms with Crippen LogP contribution in [-0.4, -0.2) is 26.9 Å². The van der Waals surface area contributed by atoms with Crippen molar-refractivity contribution >= 4 is 39.2 Å². The monoisotopic (exact) mass is 475 g/mol. The molecule has 4 aromatic rings. The summed E-state index contributed by atoms with van der Waals surface area (Å²) in [5, 5.41) is 1.40. The van der Waals surface area contributed by atoms with Crippen molar-refractivity contribution < 1.29 is 4.79 Å². The summed E-state index contributed by atoms with van der Waals surface area (Å²) in [7, 11) is 0. The third-order valence-electron chi connectivity index (χ3n) is 6.16. The van der Waals surface area contributed by atoms with Gasteiger partial charge in [-0.15, -0.1) is 11.3 Å². The summed E-state index contributed by atoms with van der Waals surface area (Å²) in [5.41, 5.74) is 5.56. The molecule has 168 valence electrons. The fourth-order valence-corrected chi connectivity index (χ4v) is 6.64. The number of para-hydroxylation sites is 1. The normalized spacial score (nSPS) is 13.4. The molecular weight excluding hydrogens is 450 g/mol. The minimum atomic E-state index is -0.0246. The molecule has 1 aliphatic rings. The van der Waals surface area contributed by atoms with E-state index in [-0.39, 0.29) is 11.5 Å². The Morgan fingerprint density at radius 2 is 1.94 bits per heavy atom. The standard InChI is InChI=1S/C26H25N3O2S2/c1-16-9-10-17(2)19(13-16)15-32-26-27-24-23(25(31)29(26)20-7-5-4-6-8-20)21-11-12-28(18(3)30)14-22(21)33-24/h4-10,13H,11-12,14-15H2,1-3H3. The van der Waals surface area contributed by atoms with Gasteiger partial charge in [-0.1, -0.05) is 53.7 Å². The van der Waals surface area contributed by atoms with Crippen molar-refractivity contribution in [3.63, 3.8) is 0 Å². The van der Waals surface area contributed by atoms with Gasteiger partial charge in [-0.2, -0.15) is 0 Å². The quantitative estimate of drug-likeness (QED) is 0.298. The molecule has 0 fully saturated rings. The number of carbonyl (C=O) groups excluding carboxylic acids is 1. The van der Waals surface area contributed by atoms with Gasteiger partial charge in [0.25, 0.3) is 5.56 Å². The molecule has 5 rings (SSSR count). The first kappa shape index (κ1) is 21.9. The molecule has 0 bridgehead atoms. The van der Waals surface area contributed by atoms with Crippen LogP contribution in [0.15, 0.2) is 58.5 Å². The van der Waals surface area contributed by atoms with Crippen molar-refractivity contribution in [1.82, 2.24) is 14.5 Å². The Morgan fingerprint density at radius 3 is 2.70 bits per heavy atom. The first-order chi connectivity index (χ1) is 15.9. The maximum atomic E-state index is 13.9. The van der Waals surface area contributed by atoms with Crippen molar-refractivity contribution in [3.8, 4) is 5.69 Å². The Balaban J connectivity index is 1.64. The highest BCUT2D eigenvalue weighted by Gasteiger charge is 2.26. The number of thiophene rings is 1. The van der Waals surface area contributed by atoms with Gasteiger partial charge >= 0.3 is 0 Å². The Hall–Kier alpha value is -2.90. The highest BCUT2D eigenvalue weighted by molar-refractivity contribution is 7.98. The number of nitrogens with zero attached hydrogens (tertiary/aromatic N) is 3. The number of benzene rings is 2. The summed E-state index contributed by atoms with van der Waals surface area (Å²) >= 11 is 3.14. The van der Waals surface area contributed by atoms with E-state index in [1.165, 1.54) is 16.7 Å². The molecule has 0 saturated heterocycles. The fourth-order valence-electron chi connectivity index (χ4n) is 4.29. The largest absolute Gasteiger partial charge is 0.337 e. The smallest absolute Gasteiger partial charge is 0.267 e. The summed E-state index contributed by atoms with van der Waals surface area (Å²) in [4.78, 5) is 34.4. The molecular formula is C26H25N3O2S2. The van der Waals surface area contributed by atoms with Crippen molar-refractivity contribution in [1.29, 1.82) is 0 Å². The zero-order valence-corrected chi connectivity index (χ0v) is 20.6. The van der Waals surface area contributed by atoms with Crippen molar-refractivity contribution in [3.05, 3.63) is 86.0 Å². The summed E-state index contributed by atoms with van der Waals surface area (Å²) in [6.45, 7) is 7.01. The second-order valence-corrected chi connectivity index (χ2v) is 10.5. The molecule has 1 aliphatic heterocycles. The lowest BCUT2D eigenvalue weighted by Crippen LogP contribution is -2.34. The average molecular weight is 476 g/mol. The highest BCUT2D eigenvalue weighted by atomic mass is 32.2. The minimum Gasteiger partial charge on any atom is -0.337 e. The average Bonchev–Trinajstić information content (AvgIpc) is 3.18. The maximum Gasteiger partial charge on any atom is 0.267 e. The van der Waals surface area contributed by atoms with Crippen LogP contribution in [0.1, 0.15) is 34.1 Å². The van der Waals surface area contributed by atoms with Crippen LogP contribution in [0.4, 0.5) is 0 Å². The molecule has 7 heteroatoms. The molecule has 0 unspecified atom stereocenters. The number of hydrogen-bond donors (Lipinski definition) is 0. The second kappa shape index (κ2) is 8.80. The first-order valence-corrected chi connectivity index (χ1v) is 12.8. The van der Waals surface area contributed by atoms with Crippen LogP contribution >= 0.6 is 23.1 Å². The molecule has 2 aromatic heterocycles. The maximum absolute atomic E-state index is 13.9. The third-order valence-corrected chi connectivity index (χ3v) is 8.26. The fraction of sp³-hybridized carbons (Fsp3) is 0.269. The van der Waals surface area contributed by atoms with Gasteiger partial charge in [-0.3, -0.25) is 14.2 Å². The summed E-state index contributed by atoms with van der Waals surface area (Å²) in [6.07, 6.45) is 0.690. The predicted octanol–water partition coefficient (Wildman–Crippen LogP) is 5.26. The topological polar surface area (TPSA) is 55.2 Å². The van der Waals surface area contributed by atoms with Gasteiger partial charge in [-0.25, -0.2) is 4.98 Å². The Morgan fingerprint density at radius 1 is 1.15 bits per heavy atom. The van der Waals surface area contributed by atoms with Gasteiger partial charge in [0.05, 0.1) is 17.6 Å². The summed E-state index contributed by atoms with van der Waals surface area (Å²) in [6, 6.07) is 16.2. The molecule has 0 aliphatic carbocycles. The van der Waals surface area contributed by atoms with Crippen LogP contribution in [0.25, 0.3) is 15.9 Å². The molecule has 2 aromatic carbocycles. The lowest BCUT2D eigenvalue weighted by Gasteiger charge is -2.25.